The van der Waals surface area contributed by atoms with Crippen LogP contribution in [0.4, 0.5) is 0 Å². The zero-order chi connectivity index (χ0) is 22.6. The van der Waals surface area contributed by atoms with Gasteiger partial charge in [0.1, 0.15) is 0 Å². The first-order chi connectivity index (χ1) is 15.5. The number of piperidine rings is 1. The van der Waals surface area contributed by atoms with Gasteiger partial charge in [-0.25, -0.2) is 0 Å². The number of likely N-dealkylation sites (tertiary alicyclic amines) is 1. The van der Waals surface area contributed by atoms with Crippen molar-refractivity contribution in [2.45, 2.75) is 57.7 Å². The number of nitrogens with one attached hydrogen (secondary N) is 1. The molecule has 2 saturated heterocycles. The van der Waals surface area contributed by atoms with Crippen molar-refractivity contribution in [1.82, 2.24) is 20.1 Å². The summed E-state index contributed by atoms with van der Waals surface area (Å²) in [5.41, 5.74) is 1.76. The Morgan fingerprint density at radius 1 is 1.12 bits per heavy atom. The molecule has 0 radical (unpaired) electrons. The van der Waals surface area contributed by atoms with E-state index in [2.05, 4.69) is 36.3 Å². The molecule has 2 aliphatic rings. The van der Waals surface area contributed by atoms with Crippen molar-refractivity contribution in [2.24, 2.45) is 5.92 Å². The largest absolute Gasteiger partial charge is 0.342 e. The van der Waals surface area contributed by atoms with Crippen LogP contribution < -0.4 is 5.32 Å². The molecule has 170 valence electrons. The summed E-state index contributed by atoms with van der Waals surface area (Å²) in [6.45, 7) is 6.16. The molecule has 6 nitrogen and oxygen atoms in total. The monoisotopic (exact) mass is 434 g/mol. The van der Waals surface area contributed by atoms with Gasteiger partial charge in [0.15, 0.2) is 0 Å². The van der Waals surface area contributed by atoms with Crippen molar-refractivity contribution in [1.29, 1.82) is 0 Å². The van der Waals surface area contributed by atoms with Crippen LogP contribution in [0.15, 0.2) is 54.7 Å². The number of aromatic nitrogens is 1. The number of benzene rings is 1. The van der Waals surface area contributed by atoms with Crippen molar-refractivity contribution < 1.29 is 9.59 Å². The molecule has 2 aliphatic heterocycles. The third kappa shape index (κ3) is 5.01. The standard InChI is InChI=1S/C26H34N4O2/c1-20(2)18-24(31)29-16-12-26(13-17-29)28-23(19-21-8-4-3-5-9-21)25(32)30(26)15-11-22-10-6-7-14-27-22/h3-10,14,20,23,28H,11-13,15-19H2,1-2H3. The Bertz CT molecular complexity index is 908. The first kappa shape index (κ1) is 22.5. The first-order valence-electron chi connectivity index (χ1n) is 11.8. The van der Waals surface area contributed by atoms with E-state index in [0.717, 1.165) is 30.5 Å². The molecule has 2 aromatic rings. The number of carbonyl (C=O) groups is 2. The number of rotatable bonds is 7. The fourth-order valence-electron chi connectivity index (χ4n) is 4.97. The van der Waals surface area contributed by atoms with Crippen LogP contribution in [-0.4, -0.2) is 57.9 Å². The normalized spacial score (nSPS) is 20.3. The summed E-state index contributed by atoms with van der Waals surface area (Å²) < 4.78 is 0. The molecule has 1 aromatic heterocycles. The number of carbonyl (C=O) groups excluding carboxylic acids is 2. The average Bonchev–Trinajstić information content (AvgIpc) is 3.04. The third-order valence-electron chi connectivity index (χ3n) is 6.65. The molecule has 3 heterocycles. The highest BCUT2D eigenvalue weighted by molar-refractivity contribution is 5.85. The fraction of sp³-hybridized carbons (Fsp3) is 0.500. The van der Waals surface area contributed by atoms with Crippen LogP contribution >= 0.6 is 0 Å². The maximum absolute atomic E-state index is 13.5. The lowest BCUT2D eigenvalue weighted by molar-refractivity contribution is -0.137. The lowest BCUT2D eigenvalue weighted by Gasteiger charge is -2.45. The average molecular weight is 435 g/mol. The number of pyridine rings is 1. The molecule has 1 N–H and O–H groups in total. The van der Waals surface area contributed by atoms with Crippen LogP contribution in [0.1, 0.15) is 44.4 Å². The Morgan fingerprint density at radius 2 is 1.84 bits per heavy atom. The number of amides is 2. The van der Waals surface area contributed by atoms with Gasteiger partial charge in [-0.2, -0.15) is 0 Å². The molecular weight excluding hydrogens is 400 g/mol. The number of nitrogens with zero attached hydrogens (tertiary/aromatic N) is 3. The van der Waals surface area contributed by atoms with Crippen LogP contribution in [-0.2, 0) is 22.4 Å². The molecule has 2 fully saturated rings. The topological polar surface area (TPSA) is 65.5 Å². The molecule has 0 bridgehead atoms. The second-order valence-corrected chi connectivity index (χ2v) is 9.46. The number of hydrogen-bond acceptors (Lipinski definition) is 4. The molecule has 0 aliphatic carbocycles. The molecule has 0 saturated carbocycles. The van der Waals surface area contributed by atoms with Crippen LogP contribution in [0.25, 0.3) is 0 Å². The second-order valence-electron chi connectivity index (χ2n) is 9.46. The lowest BCUT2D eigenvalue weighted by atomic mass is 9.94. The second kappa shape index (κ2) is 9.82. The van der Waals surface area contributed by atoms with Gasteiger partial charge < -0.3 is 9.80 Å². The van der Waals surface area contributed by atoms with Gasteiger partial charge in [0.05, 0.1) is 11.7 Å². The van der Waals surface area contributed by atoms with Gasteiger partial charge in [0.2, 0.25) is 11.8 Å². The van der Waals surface area contributed by atoms with Crippen LogP contribution in [0.3, 0.4) is 0 Å². The molecule has 4 rings (SSSR count). The van der Waals surface area contributed by atoms with Gasteiger partial charge in [-0.15, -0.1) is 0 Å². The lowest BCUT2D eigenvalue weighted by Crippen LogP contribution is -2.60. The molecule has 1 atom stereocenters. The van der Waals surface area contributed by atoms with E-state index in [0.29, 0.717) is 38.4 Å². The Hall–Kier alpha value is -2.73. The Morgan fingerprint density at radius 3 is 2.50 bits per heavy atom. The Balaban J connectivity index is 1.49. The van der Waals surface area contributed by atoms with Gasteiger partial charge >= 0.3 is 0 Å². The van der Waals surface area contributed by atoms with E-state index >= 15 is 0 Å². The summed E-state index contributed by atoms with van der Waals surface area (Å²) >= 11 is 0. The van der Waals surface area contributed by atoms with Crippen molar-refractivity contribution in [3.8, 4) is 0 Å². The van der Waals surface area contributed by atoms with Crippen molar-refractivity contribution in [3.63, 3.8) is 0 Å². The van der Waals surface area contributed by atoms with Crippen LogP contribution in [0, 0.1) is 5.92 Å². The van der Waals surface area contributed by atoms with Gasteiger partial charge in [-0.05, 0) is 30.0 Å². The highest BCUT2D eigenvalue weighted by Gasteiger charge is 2.51. The Labute approximate surface area is 191 Å². The van der Waals surface area contributed by atoms with E-state index in [-0.39, 0.29) is 23.5 Å². The van der Waals surface area contributed by atoms with E-state index in [1.807, 2.05) is 46.2 Å². The predicted molar refractivity (Wildman–Crippen MR) is 125 cm³/mol. The number of hydrogen-bond donors (Lipinski definition) is 1. The van der Waals surface area contributed by atoms with Gasteiger partial charge in [-0.3, -0.25) is 19.9 Å². The summed E-state index contributed by atoms with van der Waals surface area (Å²) in [7, 11) is 0. The van der Waals surface area contributed by atoms with Crippen LogP contribution in [0.5, 0.6) is 0 Å². The summed E-state index contributed by atoms with van der Waals surface area (Å²) in [6, 6.07) is 15.8. The molecule has 32 heavy (non-hydrogen) atoms. The van der Waals surface area contributed by atoms with Crippen molar-refractivity contribution in [2.75, 3.05) is 19.6 Å². The maximum Gasteiger partial charge on any atom is 0.241 e. The zero-order valence-electron chi connectivity index (χ0n) is 19.2. The molecule has 1 unspecified atom stereocenters. The smallest absolute Gasteiger partial charge is 0.241 e. The summed E-state index contributed by atoms with van der Waals surface area (Å²) in [5.74, 6) is 0.737. The van der Waals surface area contributed by atoms with Crippen molar-refractivity contribution >= 4 is 11.8 Å². The molecule has 2 amide bonds. The highest BCUT2D eigenvalue weighted by atomic mass is 16.2. The fourth-order valence-corrected chi connectivity index (χ4v) is 4.97. The molecular formula is C26H34N4O2. The summed E-state index contributed by atoms with van der Waals surface area (Å²) in [6.07, 6.45) is 5.30. The van der Waals surface area contributed by atoms with E-state index < -0.39 is 0 Å². The quantitative estimate of drug-likeness (QED) is 0.728. The summed E-state index contributed by atoms with van der Waals surface area (Å²) in [4.78, 5) is 34.6. The minimum absolute atomic E-state index is 0.159. The first-order valence-corrected chi connectivity index (χ1v) is 11.8. The van der Waals surface area contributed by atoms with Crippen LogP contribution in [0.2, 0.25) is 0 Å². The zero-order valence-corrected chi connectivity index (χ0v) is 19.2. The van der Waals surface area contributed by atoms with Crippen molar-refractivity contribution in [3.05, 3.63) is 66.0 Å². The van der Waals surface area contributed by atoms with E-state index in [1.54, 1.807) is 6.20 Å². The molecule has 1 spiro atoms. The van der Waals surface area contributed by atoms with E-state index in [9.17, 15) is 9.59 Å². The maximum atomic E-state index is 13.5. The Kier molecular flexibility index (Phi) is 6.89. The predicted octanol–water partition coefficient (Wildman–Crippen LogP) is 3.03. The minimum atomic E-state index is -0.389. The minimum Gasteiger partial charge on any atom is -0.342 e. The third-order valence-corrected chi connectivity index (χ3v) is 6.65. The van der Waals surface area contributed by atoms with Gasteiger partial charge in [-0.1, -0.05) is 50.2 Å². The SMILES string of the molecule is CC(C)CC(=O)N1CCC2(CC1)NC(Cc1ccccc1)C(=O)N2CCc1ccccn1. The van der Waals surface area contributed by atoms with Gasteiger partial charge in [0.25, 0.3) is 0 Å². The molecule has 6 heteroatoms. The summed E-state index contributed by atoms with van der Waals surface area (Å²) in [5, 5.41) is 3.71. The van der Waals surface area contributed by atoms with Gasteiger partial charge in [0, 0.05) is 57.2 Å². The molecule has 1 aromatic carbocycles. The van der Waals surface area contributed by atoms with E-state index in [1.165, 1.54) is 0 Å². The van der Waals surface area contributed by atoms with E-state index in [4.69, 9.17) is 0 Å². The highest BCUT2D eigenvalue weighted by Crippen LogP contribution is 2.34.